The summed E-state index contributed by atoms with van der Waals surface area (Å²) in [6, 6.07) is 5.16. The molecule has 2 unspecified atom stereocenters. The van der Waals surface area contributed by atoms with Crippen LogP contribution in [-0.2, 0) is 9.26 Å². The molecule has 1 N–H and O–H groups in total. The standard InChI is InChI=1S/C12H15B2N3O4P2/c1-7-8(3-2-4-11(7)21-14-17-22)12-15-9(5-19-12)10(18)6-20-23-16-13/h2-4,9-10,18H,5-6,22H2,1H3/t9?,10-/m0/s1. The fourth-order valence-corrected chi connectivity index (χ4v) is 2.40. The molecule has 3 atom stereocenters. The fraction of sp³-hybridized carbons (Fsp3) is 0.417. The summed E-state index contributed by atoms with van der Waals surface area (Å²) < 4.78 is 23.1. The molecule has 0 fully saturated rings. The first kappa shape index (κ1) is 18.2. The third-order valence-electron chi connectivity index (χ3n) is 3.22. The molecule has 0 aromatic heterocycles. The molecule has 0 amide bonds. The van der Waals surface area contributed by atoms with E-state index in [1.54, 1.807) is 0 Å². The summed E-state index contributed by atoms with van der Waals surface area (Å²) in [5, 5.41) is 10.0. The van der Waals surface area contributed by atoms with Crippen LogP contribution in [0.1, 0.15) is 11.1 Å². The van der Waals surface area contributed by atoms with E-state index in [0.717, 1.165) is 11.1 Å². The molecule has 1 aliphatic rings. The van der Waals surface area contributed by atoms with Crippen molar-refractivity contribution in [3.8, 4) is 5.75 Å². The molecule has 1 heterocycles. The zero-order chi connectivity index (χ0) is 16.7. The molecule has 11 heteroatoms. The van der Waals surface area contributed by atoms with Crippen molar-refractivity contribution in [2.75, 3.05) is 13.2 Å². The second-order valence-electron chi connectivity index (χ2n) is 4.67. The first-order chi connectivity index (χ1) is 11.2. The number of benzene rings is 1. The average molecular weight is 349 g/mol. The topological polar surface area (TPSA) is 85.0 Å². The van der Waals surface area contributed by atoms with E-state index in [1.165, 1.54) is 7.27 Å². The van der Waals surface area contributed by atoms with E-state index in [9.17, 15) is 5.11 Å². The van der Waals surface area contributed by atoms with Gasteiger partial charge >= 0.3 is 132 Å². The summed E-state index contributed by atoms with van der Waals surface area (Å²) in [5.41, 5.74) is 1.69. The minimum atomic E-state index is -0.786. The molecule has 1 aliphatic heterocycles. The molecule has 118 valence electrons. The first-order valence-corrected chi connectivity index (χ1v) is 8.04. The van der Waals surface area contributed by atoms with Crippen LogP contribution in [0.25, 0.3) is 0 Å². The Balaban J connectivity index is 2.11. The molecule has 0 saturated heterocycles. The van der Waals surface area contributed by atoms with E-state index in [4.69, 9.17) is 21.9 Å². The van der Waals surface area contributed by atoms with Gasteiger partial charge in [-0.15, -0.1) is 0 Å². The molecule has 2 rings (SSSR count). The molecule has 0 saturated carbocycles. The number of hydrogen-bond donors (Lipinski definition) is 1. The Kier molecular flexibility index (Phi) is 7.31. The molecular formula is C12H15B2N3O4P2. The second-order valence-corrected chi connectivity index (χ2v) is 5.62. The zero-order valence-corrected chi connectivity index (χ0v) is 14.5. The number of hydrogen-bond acceptors (Lipinski definition) is 7. The van der Waals surface area contributed by atoms with Crippen molar-refractivity contribution in [1.82, 2.24) is 0 Å². The number of rotatable bonds is 7. The van der Waals surface area contributed by atoms with Crippen LogP contribution in [0, 0.1) is 6.92 Å². The van der Waals surface area contributed by atoms with E-state index in [-0.39, 0.29) is 21.8 Å². The summed E-state index contributed by atoms with van der Waals surface area (Å²) in [6.07, 6.45) is -0.786. The molecule has 2 radical (unpaired) electrons. The first-order valence-electron chi connectivity index (χ1n) is 6.76. The van der Waals surface area contributed by atoms with Gasteiger partial charge in [0.1, 0.15) is 0 Å². The van der Waals surface area contributed by atoms with Gasteiger partial charge in [0.25, 0.3) is 7.98 Å². The van der Waals surface area contributed by atoms with Gasteiger partial charge in [-0.3, -0.25) is 0 Å². The van der Waals surface area contributed by atoms with E-state index >= 15 is 0 Å². The van der Waals surface area contributed by atoms with E-state index in [1.807, 2.05) is 25.1 Å². The summed E-state index contributed by atoms with van der Waals surface area (Å²) >= 11 is 0. The summed E-state index contributed by atoms with van der Waals surface area (Å²) in [5.74, 6) is 1.14. The van der Waals surface area contributed by atoms with Crippen molar-refractivity contribution in [3.05, 3.63) is 29.3 Å². The number of aliphatic hydroxyl groups is 1. The Morgan fingerprint density at radius 2 is 2.48 bits per heavy atom. The summed E-state index contributed by atoms with van der Waals surface area (Å²) in [4.78, 5) is 4.43. The van der Waals surface area contributed by atoms with Gasteiger partial charge in [-0.2, -0.15) is 0 Å². The van der Waals surface area contributed by atoms with Crippen molar-refractivity contribution >= 4 is 39.1 Å². The van der Waals surface area contributed by atoms with E-state index < -0.39 is 12.1 Å². The van der Waals surface area contributed by atoms with Crippen LogP contribution in [0.15, 0.2) is 32.5 Å². The fourth-order valence-electron chi connectivity index (χ4n) is 2.05. The van der Waals surface area contributed by atoms with Crippen molar-refractivity contribution in [2.24, 2.45) is 14.3 Å². The number of aliphatic imine (C=N–C) groups is 1. The van der Waals surface area contributed by atoms with E-state index in [2.05, 4.69) is 23.7 Å². The average Bonchev–Trinajstić information content (AvgIpc) is 3.04. The summed E-state index contributed by atoms with van der Waals surface area (Å²) in [7, 11) is 8.76. The Hall–Kier alpha value is -1.13. The Bertz CT molecular complexity index is 630. The van der Waals surface area contributed by atoms with Gasteiger partial charge in [0, 0.05) is 0 Å². The Morgan fingerprint density at radius 1 is 1.65 bits per heavy atom. The molecule has 0 bridgehead atoms. The number of ether oxygens (including phenoxy) is 1. The third kappa shape index (κ3) is 4.92. The molecule has 0 spiro atoms. The SMILES string of the molecule is [B]N=POC[C@H](O)C1COC(c2cccc(OB=NP)c2C)=N1. The molecule has 7 nitrogen and oxygen atoms in total. The van der Waals surface area contributed by atoms with Crippen LogP contribution in [0.4, 0.5) is 0 Å². The number of nitrogens with zero attached hydrogens (tertiary/aromatic N) is 3. The van der Waals surface area contributed by atoms with Gasteiger partial charge < -0.3 is 0 Å². The molecular weight excluding hydrogens is 334 g/mol. The van der Waals surface area contributed by atoms with Gasteiger partial charge in [-0.25, -0.2) is 0 Å². The Labute approximate surface area is 140 Å². The molecule has 1 aromatic rings. The summed E-state index contributed by atoms with van der Waals surface area (Å²) in [6.45, 7) is 2.27. The monoisotopic (exact) mass is 349 g/mol. The van der Waals surface area contributed by atoms with Crippen LogP contribution in [0.2, 0.25) is 0 Å². The van der Waals surface area contributed by atoms with Crippen molar-refractivity contribution in [2.45, 2.75) is 19.1 Å². The minimum absolute atomic E-state index is 0.0832. The number of aliphatic hydroxyl groups excluding tert-OH is 1. The molecule has 1 aromatic carbocycles. The van der Waals surface area contributed by atoms with Crippen molar-refractivity contribution < 1.29 is 19.0 Å². The predicted octanol–water partition coefficient (Wildman–Crippen LogP) is 1.62. The third-order valence-corrected chi connectivity index (χ3v) is 3.70. The van der Waals surface area contributed by atoms with Crippen LogP contribution >= 0.6 is 18.0 Å². The van der Waals surface area contributed by atoms with Gasteiger partial charge in [0.05, 0.1) is 0 Å². The maximum atomic E-state index is 10.0. The predicted molar refractivity (Wildman–Crippen MR) is 93.0 cm³/mol. The zero-order valence-electron chi connectivity index (χ0n) is 12.5. The second kappa shape index (κ2) is 9.24. The quantitative estimate of drug-likeness (QED) is 0.599. The van der Waals surface area contributed by atoms with Gasteiger partial charge in [0.15, 0.2) is 0 Å². The molecule has 0 aliphatic carbocycles. The van der Waals surface area contributed by atoms with Gasteiger partial charge in [-0.05, 0) is 0 Å². The maximum absolute atomic E-state index is 10.0. The van der Waals surface area contributed by atoms with E-state index in [0.29, 0.717) is 11.6 Å². The van der Waals surface area contributed by atoms with Crippen LogP contribution in [0.5, 0.6) is 5.75 Å². The molecule has 23 heavy (non-hydrogen) atoms. The normalized spacial score (nSPS) is 18.7. The van der Waals surface area contributed by atoms with Crippen LogP contribution in [-0.4, -0.2) is 51.6 Å². The van der Waals surface area contributed by atoms with Crippen molar-refractivity contribution in [1.29, 1.82) is 0 Å². The Morgan fingerprint density at radius 3 is 3.22 bits per heavy atom. The van der Waals surface area contributed by atoms with Crippen LogP contribution < -0.4 is 4.65 Å². The van der Waals surface area contributed by atoms with Crippen molar-refractivity contribution in [3.63, 3.8) is 0 Å². The van der Waals surface area contributed by atoms with Gasteiger partial charge in [-0.1, -0.05) is 0 Å². The van der Waals surface area contributed by atoms with Crippen LogP contribution in [0.3, 0.4) is 0 Å². The van der Waals surface area contributed by atoms with Gasteiger partial charge in [0.2, 0.25) is 0 Å².